The number of amides is 1. The third-order valence-electron chi connectivity index (χ3n) is 2.74. The topological polar surface area (TPSA) is 51.2 Å². The maximum absolute atomic E-state index is 12.0. The zero-order chi connectivity index (χ0) is 15.2. The van der Waals surface area contributed by atoms with E-state index in [1.807, 2.05) is 38.1 Å². The number of hydrogen-bond donors (Lipinski definition) is 1. The smallest absolute Gasteiger partial charge is 0.270 e. The summed E-state index contributed by atoms with van der Waals surface area (Å²) >= 11 is 1.45. The van der Waals surface area contributed by atoms with E-state index in [-0.39, 0.29) is 11.9 Å². The van der Waals surface area contributed by atoms with E-state index in [0.717, 1.165) is 22.7 Å². The molecule has 1 aromatic carbocycles. The van der Waals surface area contributed by atoms with Gasteiger partial charge in [0.25, 0.3) is 5.91 Å². The molecule has 1 heterocycles. The van der Waals surface area contributed by atoms with E-state index in [1.165, 1.54) is 11.3 Å². The largest absolute Gasteiger partial charge is 0.493 e. The predicted octanol–water partition coefficient (Wildman–Crippen LogP) is 3.74. The van der Waals surface area contributed by atoms with Gasteiger partial charge in [-0.3, -0.25) is 4.79 Å². The van der Waals surface area contributed by atoms with Crippen LogP contribution in [0.4, 0.5) is 0 Å². The Morgan fingerprint density at radius 1 is 1.38 bits per heavy atom. The number of aromatic nitrogens is 1. The van der Waals surface area contributed by atoms with Gasteiger partial charge in [0.05, 0.1) is 12.2 Å². The van der Waals surface area contributed by atoms with Crippen molar-refractivity contribution in [2.75, 3.05) is 6.61 Å². The summed E-state index contributed by atoms with van der Waals surface area (Å²) in [6.45, 7) is 6.60. The number of benzene rings is 1. The molecule has 0 aliphatic heterocycles. The van der Waals surface area contributed by atoms with Crippen molar-refractivity contribution in [2.24, 2.45) is 0 Å². The molecule has 0 fully saturated rings. The lowest BCUT2D eigenvalue weighted by atomic mass is 10.2. The highest BCUT2D eigenvalue weighted by molar-refractivity contribution is 7.13. The third kappa shape index (κ3) is 4.04. The summed E-state index contributed by atoms with van der Waals surface area (Å²) in [5.41, 5.74) is 1.38. The second-order valence-electron chi connectivity index (χ2n) is 5.01. The van der Waals surface area contributed by atoms with Crippen molar-refractivity contribution < 1.29 is 9.53 Å². The molecule has 0 saturated heterocycles. The van der Waals surface area contributed by atoms with E-state index in [4.69, 9.17) is 4.74 Å². The molecule has 0 aliphatic carbocycles. The highest BCUT2D eigenvalue weighted by atomic mass is 32.1. The Kier molecular flexibility index (Phi) is 5.33. The van der Waals surface area contributed by atoms with Gasteiger partial charge in [-0.1, -0.05) is 19.1 Å². The first-order valence-corrected chi connectivity index (χ1v) is 7.98. The van der Waals surface area contributed by atoms with Gasteiger partial charge < -0.3 is 10.1 Å². The Morgan fingerprint density at radius 3 is 2.86 bits per heavy atom. The molecule has 1 amide bonds. The number of nitrogens with zero attached hydrogens (tertiary/aromatic N) is 1. The summed E-state index contributed by atoms with van der Waals surface area (Å²) in [4.78, 5) is 16.4. The lowest BCUT2D eigenvalue weighted by molar-refractivity contribution is 0.0939. The lowest BCUT2D eigenvalue weighted by Crippen LogP contribution is -2.30. The fourth-order valence-corrected chi connectivity index (χ4v) is 2.65. The van der Waals surface area contributed by atoms with Crippen LogP contribution in [0.25, 0.3) is 10.6 Å². The van der Waals surface area contributed by atoms with Crippen molar-refractivity contribution in [1.82, 2.24) is 10.3 Å². The molecule has 112 valence electrons. The van der Waals surface area contributed by atoms with E-state index in [1.54, 1.807) is 5.38 Å². The number of carbonyl (C=O) groups is 1. The Labute approximate surface area is 129 Å². The van der Waals surface area contributed by atoms with Crippen molar-refractivity contribution in [3.05, 3.63) is 35.3 Å². The van der Waals surface area contributed by atoms with Crippen molar-refractivity contribution in [1.29, 1.82) is 0 Å². The number of carbonyl (C=O) groups excluding carboxylic acids is 1. The number of rotatable bonds is 6. The Morgan fingerprint density at radius 2 is 2.14 bits per heavy atom. The number of ether oxygens (including phenoxy) is 1. The van der Waals surface area contributed by atoms with Crippen LogP contribution in [0.5, 0.6) is 5.75 Å². The minimum absolute atomic E-state index is 0.0998. The number of thiazole rings is 1. The van der Waals surface area contributed by atoms with Gasteiger partial charge in [0.15, 0.2) is 0 Å². The standard InChI is InChI=1S/C16H20N2O2S/c1-4-9-20-14-8-6-5-7-12(14)16-18-13(10-21-16)15(19)17-11(2)3/h5-8,10-11H,4,9H2,1-3H3,(H,17,19). The second kappa shape index (κ2) is 7.22. The predicted molar refractivity (Wildman–Crippen MR) is 85.9 cm³/mol. The third-order valence-corrected chi connectivity index (χ3v) is 3.61. The number of para-hydroxylation sites is 1. The molecule has 0 saturated carbocycles. The summed E-state index contributed by atoms with van der Waals surface area (Å²) in [6, 6.07) is 7.88. The summed E-state index contributed by atoms with van der Waals surface area (Å²) in [7, 11) is 0. The number of hydrogen-bond acceptors (Lipinski definition) is 4. The van der Waals surface area contributed by atoms with E-state index >= 15 is 0 Å². The van der Waals surface area contributed by atoms with Crippen LogP contribution in [0.1, 0.15) is 37.7 Å². The van der Waals surface area contributed by atoms with Gasteiger partial charge in [-0.2, -0.15) is 0 Å². The SMILES string of the molecule is CCCOc1ccccc1-c1nc(C(=O)NC(C)C)cs1. The average molecular weight is 304 g/mol. The summed E-state index contributed by atoms with van der Waals surface area (Å²) in [5.74, 6) is 0.670. The summed E-state index contributed by atoms with van der Waals surface area (Å²) in [6.07, 6.45) is 0.953. The van der Waals surface area contributed by atoms with Gasteiger partial charge in [0.2, 0.25) is 0 Å². The molecule has 2 rings (SSSR count). The van der Waals surface area contributed by atoms with Crippen LogP contribution < -0.4 is 10.1 Å². The van der Waals surface area contributed by atoms with Crippen molar-refractivity contribution in [3.63, 3.8) is 0 Å². The zero-order valence-electron chi connectivity index (χ0n) is 12.6. The van der Waals surface area contributed by atoms with Crippen molar-refractivity contribution in [2.45, 2.75) is 33.2 Å². The summed E-state index contributed by atoms with van der Waals surface area (Å²) < 4.78 is 5.74. The van der Waals surface area contributed by atoms with Crippen LogP contribution in [0.15, 0.2) is 29.6 Å². The fourth-order valence-electron chi connectivity index (χ4n) is 1.82. The molecular formula is C16H20N2O2S. The molecule has 0 spiro atoms. The number of nitrogens with one attached hydrogen (secondary N) is 1. The van der Waals surface area contributed by atoms with Gasteiger partial charge in [0.1, 0.15) is 16.5 Å². The first-order chi connectivity index (χ1) is 10.1. The second-order valence-corrected chi connectivity index (χ2v) is 5.87. The zero-order valence-corrected chi connectivity index (χ0v) is 13.4. The maximum atomic E-state index is 12.0. The maximum Gasteiger partial charge on any atom is 0.270 e. The molecule has 1 N–H and O–H groups in total. The molecule has 21 heavy (non-hydrogen) atoms. The molecular weight excluding hydrogens is 284 g/mol. The Hall–Kier alpha value is -1.88. The first-order valence-electron chi connectivity index (χ1n) is 7.10. The Balaban J connectivity index is 2.23. The first kappa shape index (κ1) is 15.5. The van der Waals surface area contributed by atoms with Crippen LogP contribution >= 0.6 is 11.3 Å². The monoisotopic (exact) mass is 304 g/mol. The normalized spacial score (nSPS) is 10.7. The van der Waals surface area contributed by atoms with E-state index < -0.39 is 0 Å². The molecule has 0 unspecified atom stereocenters. The van der Waals surface area contributed by atoms with Gasteiger partial charge in [-0.25, -0.2) is 4.98 Å². The van der Waals surface area contributed by atoms with E-state index in [0.29, 0.717) is 12.3 Å². The van der Waals surface area contributed by atoms with Gasteiger partial charge >= 0.3 is 0 Å². The Bertz CT molecular complexity index is 608. The molecule has 2 aromatic rings. The minimum atomic E-state index is -0.139. The molecule has 4 nitrogen and oxygen atoms in total. The van der Waals surface area contributed by atoms with Crippen molar-refractivity contribution >= 4 is 17.2 Å². The fraction of sp³-hybridized carbons (Fsp3) is 0.375. The summed E-state index contributed by atoms with van der Waals surface area (Å²) in [5, 5.41) is 5.43. The van der Waals surface area contributed by atoms with Gasteiger partial charge in [-0.05, 0) is 32.4 Å². The molecule has 0 aliphatic rings. The lowest BCUT2D eigenvalue weighted by Gasteiger charge is -2.08. The minimum Gasteiger partial charge on any atom is -0.493 e. The average Bonchev–Trinajstić information content (AvgIpc) is 2.94. The van der Waals surface area contributed by atoms with Gasteiger partial charge in [0, 0.05) is 11.4 Å². The van der Waals surface area contributed by atoms with Crippen molar-refractivity contribution in [3.8, 4) is 16.3 Å². The quantitative estimate of drug-likeness (QED) is 0.884. The van der Waals surface area contributed by atoms with Crippen LogP contribution in [-0.4, -0.2) is 23.5 Å². The molecule has 0 atom stereocenters. The molecule has 5 heteroatoms. The van der Waals surface area contributed by atoms with Crippen LogP contribution in [-0.2, 0) is 0 Å². The van der Waals surface area contributed by atoms with E-state index in [9.17, 15) is 4.79 Å². The molecule has 0 radical (unpaired) electrons. The van der Waals surface area contributed by atoms with E-state index in [2.05, 4.69) is 17.2 Å². The molecule has 1 aromatic heterocycles. The van der Waals surface area contributed by atoms with Crippen LogP contribution in [0.3, 0.4) is 0 Å². The van der Waals surface area contributed by atoms with Crippen LogP contribution in [0, 0.1) is 0 Å². The highest BCUT2D eigenvalue weighted by Gasteiger charge is 2.14. The molecule has 0 bridgehead atoms. The van der Waals surface area contributed by atoms with Gasteiger partial charge in [-0.15, -0.1) is 11.3 Å². The van der Waals surface area contributed by atoms with Crippen LogP contribution in [0.2, 0.25) is 0 Å². The highest BCUT2D eigenvalue weighted by Crippen LogP contribution is 2.32.